The summed E-state index contributed by atoms with van der Waals surface area (Å²) in [6.07, 6.45) is 1.60. The summed E-state index contributed by atoms with van der Waals surface area (Å²) in [4.78, 5) is 16.1. The van der Waals surface area contributed by atoms with Crippen LogP contribution in [0.1, 0.15) is 30.9 Å². The molecule has 1 unspecified atom stereocenters. The molecule has 25 heavy (non-hydrogen) atoms. The van der Waals surface area contributed by atoms with Gasteiger partial charge < -0.3 is 9.15 Å². The molecule has 2 aromatic carbocycles. The van der Waals surface area contributed by atoms with Gasteiger partial charge in [-0.25, -0.2) is 9.37 Å². The molecule has 1 aromatic heterocycles. The van der Waals surface area contributed by atoms with Crippen molar-refractivity contribution in [3.63, 3.8) is 0 Å². The van der Waals surface area contributed by atoms with E-state index in [-0.39, 0.29) is 24.3 Å². The minimum atomic E-state index is -0.374. The molecule has 0 spiro atoms. The predicted octanol–water partition coefficient (Wildman–Crippen LogP) is 4.72. The molecule has 0 aliphatic carbocycles. The number of benzene rings is 2. The van der Waals surface area contributed by atoms with Crippen molar-refractivity contribution in [3.05, 3.63) is 78.1 Å². The van der Waals surface area contributed by atoms with Crippen LogP contribution >= 0.6 is 0 Å². The number of halogens is 1. The highest BCUT2D eigenvalue weighted by Crippen LogP contribution is 2.24. The van der Waals surface area contributed by atoms with Crippen LogP contribution < -0.4 is 0 Å². The van der Waals surface area contributed by atoms with E-state index in [1.807, 2.05) is 37.3 Å². The topological polar surface area (TPSA) is 52.3 Å². The number of hydrogen-bond acceptors (Lipinski definition) is 4. The fraction of sp³-hybridized carbons (Fsp3) is 0.200. The Bertz CT molecular complexity index is 845. The minimum absolute atomic E-state index is 0.147. The van der Waals surface area contributed by atoms with E-state index in [1.165, 1.54) is 12.3 Å². The number of aryl methyl sites for hydroxylation is 1. The first-order valence-electron chi connectivity index (χ1n) is 8.07. The second-order valence-electron chi connectivity index (χ2n) is 5.64. The summed E-state index contributed by atoms with van der Waals surface area (Å²) in [5, 5.41) is 0. The Morgan fingerprint density at radius 3 is 2.64 bits per heavy atom. The molecule has 0 N–H and O–H groups in total. The van der Waals surface area contributed by atoms with E-state index in [1.54, 1.807) is 18.2 Å². The Morgan fingerprint density at radius 2 is 1.88 bits per heavy atom. The van der Waals surface area contributed by atoms with E-state index in [2.05, 4.69) is 4.98 Å². The molecule has 5 heteroatoms. The molecule has 0 aliphatic heterocycles. The van der Waals surface area contributed by atoms with Gasteiger partial charge >= 0.3 is 5.97 Å². The highest BCUT2D eigenvalue weighted by molar-refractivity contribution is 5.70. The molecule has 0 saturated carbocycles. The van der Waals surface area contributed by atoms with Gasteiger partial charge in [-0.2, -0.15) is 0 Å². The highest BCUT2D eigenvalue weighted by atomic mass is 19.1. The van der Waals surface area contributed by atoms with Crippen LogP contribution in [0.2, 0.25) is 0 Å². The van der Waals surface area contributed by atoms with Crippen LogP contribution in [0.15, 0.2) is 65.2 Å². The van der Waals surface area contributed by atoms with Crippen molar-refractivity contribution in [2.45, 2.75) is 25.9 Å². The third-order valence-corrected chi connectivity index (χ3v) is 3.81. The van der Waals surface area contributed by atoms with Crippen molar-refractivity contribution >= 4 is 5.97 Å². The van der Waals surface area contributed by atoms with E-state index < -0.39 is 0 Å². The number of hydrogen-bond donors (Lipinski definition) is 0. The third kappa shape index (κ3) is 4.32. The van der Waals surface area contributed by atoms with E-state index in [4.69, 9.17) is 9.15 Å². The molecule has 4 nitrogen and oxygen atoms in total. The van der Waals surface area contributed by atoms with Crippen LogP contribution in [-0.2, 0) is 16.0 Å². The predicted molar refractivity (Wildman–Crippen MR) is 91.2 cm³/mol. The fourth-order valence-corrected chi connectivity index (χ4v) is 2.47. The van der Waals surface area contributed by atoms with Gasteiger partial charge in [-0.3, -0.25) is 4.79 Å². The monoisotopic (exact) mass is 339 g/mol. The second kappa shape index (κ2) is 7.75. The number of oxazole rings is 1. The molecule has 0 fully saturated rings. The van der Waals surface area contributed by atoms with Gasteiger partial charge in [0.05, 0.1) is 18.2 Å². The first kappa shape index (κ1) is 16.9. The molecule has 128 valence electrons. The smallest absolute Gasteiger partial charge is 0.306 e. The third-order valence-electron chi connectivity index (χ3n) is 3.81. The molecule has 1 heterocycles. The molecular weight excluding hydrogens is 321 g/mol. The maximum atomic E-state index is 13.7. The molecule has 3 rings (SSSR count). The van der Waals surface area contributed by atoms with Crippen molar-refractivity contribution in [1.82, 2.24) is 4.98 Å². The summed E-state index contributed by atoms with van der Waals surface area (Å²) in [6.45, 7) is 1.83. The summed E-state index contributed by atoms with van der Waals surface area (Å²) >= 11 is 0. The van der Waals surface area contributed by atoms with E-state index >= 15 is 0 Å². The summed E-state index contributed by atoms with van der Waals surface area (Å²) in [5.74, 6) is 0.0185. The highest BCUT2D eigenvalue weighted by Gasteiger charge is 2.14. The summed E-state index contributed by atoms with van der Waals surface area (Å²) in [6, 6.07) is 15.8. The summed E-state index contributed by atoms with van der Waals surface area (Å²) < 4.78 is 24.7. The average molecular weight is 339 g/mol. The molecule has 0 bridgehead atoms. The van der Waals surface area contributed by atoms with Crippen molar-refractivity contribution in [3.8, 4) is 11.3 Å². The Kier molecular flexibility index (Phi) is 5.23. The van der Waals surface area contributed by atoms with Crippen molar-refractivity contribution < 1.29 is 18.3 Å². The van der Waals surface area contributed by atoms with E-state index in [9.17, 15) is 9.18 Å². The number of aromatic nitrogens is 1. The number of rotatable bonds is 6. The largest absolute Gasteiger partial charge is 0.458 e. The number of esters is 1. The zero-order chi connectivity index (χ0) is 17.6. The van der Waals surface area contributed by atoms with Crippen LogP contribution in [0.3, 0.4) is 0 Å². The van der Waals surface area contributed by atoms with E-state index in [0.29, 0.717) is 23.6 Å². The standard InChI is InChI=1S/C20H18FNO3/c1-14(15-7-3-2-4-8-15)24-20(23)12-11-19-22-13-18(25-19)16-9-5-6-10-17(16)21/h2-10,13-14H,11-12H2,1H3. The average Bonchev–Trinajstić information content (AvgIpc) is 3.10. The molecule has 1 atom stereocenters. The Morgan fingerprint density at radius 1 is 1.16 bits per heavy atom. The van der Waals surface area contributed by atoms with E-state index in [0.717, 1.165) is 5.56 Å². The Hall–Kier alpha value is -2.95. The quantitative estimate of drug-likeness (QED) is 0.610. The number of carbonyl (C=O) groups is 1. The number of nitrogens with zero attached hydrogens (tertiary/aromatic N) is 1. The summed E-state index contributed by atoms with van der Waals surface area (Å²) in [5.41, 5.74) is 1.29. The zero-order valence-electron chi connectivity index (χ0n) is 13.8. The van der Waals surface area contributed by atoms with Crippen LogP contribution in [0, 0.1) is 5.82 Å². The number of carbonyl (C=O) groups excluding carboxylic acids is 1. The van der Waals surface area contributed by atoms with Crippen LogP contribution in [0.25, 0.3) is 11.3 Å². The Balaban J connectivity index is 1.55. The molecule has 0 aliphatic rings. The lowest BCUT2D eigenvalue weighted by atomic mass is 10.1. The first-order chi connectivity index (χ1) is 12.1. The summed E-state index contributed by atoms with van der Waals surface area (Å²) in [7, 11) is 0. The maximum absolute atomic E-state index is 13.7. The lowest BCUT2D eigenvalue weighted by Gasteiger charge is -2.13. The molecule has 0 radical (unpaired) electrons. The molecular formula is C20H18FNO3. The van der Waals surface area contributed by atoms with Gasteiger partial charge in [0.2, 0.25) is 0 Å². The number of ether oxygens (including phenoxy) is 1. The first-order valence-corrected chi connectivity index (χ1v) is 8.07. The molecule has 3 aromatic rings. The van der Waals surface area contributed by atoms with Crippen molar-refractivity contribution in [2.24, 2.45) is 0 Å². The minimum Gasteiger partial charge on any atom is -0.458 e. The van der Waals surface area contributed by atoms with Gasteiger partial charge in [-0.1, -0.05) is 42.5 Å². The van der Waals surface area contributed by atoms with Crippen molar-refractivity contribution in [2.75, 3.05) is 0 Å². The van der Waals surface area contributed by atoms with Gasteiger partial charge in [-0.15, -0.1) is 0 Å². The second-order valence-corrected chi connectivity index (χ2v) is 5.64. The van der Waals surface area contributed by atoms with Gasteiger partial charge in [0.25, 0.3) is 0 Å². The molecule has 0 saturated heterocycles. The van der Waals surface area contributed by atoms with Crippen molar-refractivity contribution in [1.29, 1.82) is 0 Å². The fourth-order valence-electron chi connectivity index (χ4n) is 2.47. The van der Waals surface area contributed by atoms with Crippen LogP contribution in [0.4, 0.5) is 4.39 Å². The van der Waals surface area contributed by atoms with Gasteiger partial charge in [0, 0.05) is 6.42 Å². The van der Waals surface area contributed by atoms with Gasteiger partial charge in [0.1, 0.15) is 11.9 Å². The lowest BCUT2D eigenvalue weighted by molar-refractivity contribution is -0.148. The zero-order valence-corrected chi connectivity index (χ0v) is 13.8. The van der Waals surface area contributed by atoms with Crippen LogP contribution in [0.5, 0.6) is 0 Å². The van der Waals surface area contributed by atoms with Gasteiger partial charge in [0.15, 0.2) is 11.7 Å². The van der Waals surface area contributed by atoms with Gasteiger partial charge in [-0.05, 0) is 24.6 Å². The Labute approximate surface area is 145 Å². The normalized spacial score (nSPS) is 11.9. The molecule has 0 amide bonds. The van der Waals surface area contributed by atoms with Crippen LogP contribution in [-0.4, -0.2) is 11.0 Å². The lowest BCUT2D eigenvalue weighted by Crippen LogP contribution is -2.09. The SMILES string of the molecule is CC(OC(=O)CCc1ncc(-c2ccccc2F)o1)c1ccccc1. The maximum Gasteiger partial charge on any atom is 0.306 e.